The molecule has 0 N–H and O–H groups in total. The van der Waals surface area contributed by atoms with Gasteiger partial charge in [0.05, 0.1) is 0 Å². The van der Waals surface area contributed by atoms with Crippen LogP contribution in [0.25, 0.3) is 0 Å². The fourth-order valence-corrected chi connectivity index (χ4v) is 1.86. The summed E-state index contributed by atoms with van der Waals surface area (Å²) < 4.78 is 0. The van der Waals surface area contributed by atoms with Gasteiger partial charge >= 0.3 is 0 Å². The smallest absolute Gasteiger partial charge is 0.0199 e. The summed E-state index contributed by atoms with van der Waals surface area (Å²) in [5.74, 6) is 1.88. The molecular formula is C13H16. The third-order valence-corrected chi connectivity index (χ3v) is 2.80. The Morgan fingerprint density at radius 1 is 1.08 bits per heavy atom. The highest BCUT2D eigenvalue weighted by Crippen LogP contribution is 2.29. The van der Waals surface area contributed by atoms with E-state index in [9.17, 15) is 0 Å². The van der Waals surface area contributed by atoms with Gasteiger partial charge in [-0.25, -0.2) is 0 Å². The SMILES string of the molecule is CC(C)C1C=CC2C=CC=CC2=C1. The van der Waals surface area contributed by atoms with Crippen LogP contribution in [0.2, 0.25) is 0 Å². The van der Waals surface area contributed by atoms with Crippen LogP contribution in [0.1, 0.15) is 13.8 Å². The largest absolute Gasteiger partial charge is 0.0804 e. The lowest BCUT2D eigenvalue weighted by Crippen LogP contribution is -2.11. The van der Waals surface area contributed by atoms with Crippen molar-refractivity contribution in [1.29, 1.82) is 0 Å². The van der Waals surface area contributed by atoms with Gasteiger partial charge < -0.3 is 0 Å². The summed E-state index contributed by atoms with van der Waals surface area (Å²) in [6.45, 7) is 4.55. The quantitative estimate of drug-likeness (QED) is 0.531. The highest BCUT2D eigenvalue weighted by atomic mass is 14.2. The van der Waals surface area contributed by atoms with E-state index in [2.05, 4.69) is 56.4 Å². The van der Waals surface area contributed by atoms with Crippen LogP contribution >= 0.6 is 0 Å². The van der Waals surface area contributed by atoms with Crippen molar-refractivity contribution in [1.82, 2.24) is 0 Å². The lowest BCUT2D eigenvalue weighted by atomic mass is 9.82. The van der Waals surface area contributed by atoms with Crippen LogP contribution in [0.5, 0.6) is 0 Å². The standard InChI is InChI=1S/C13H16/c1-10(2)12-8-7-11-5-3-4-6-13(11)9-12/h3-12H,1-2H3. The van der Waals surface area contributed by atoms with Gasteiger partial charge in [-0.2, -0.15) is 0 Å². The summed E-state index contributed by atoms with van der Waals surface area (Å²) in [6, 6.07) is 0. The molecule has 2 unspecified atom stereocenters. The van der Waals surface area contributed by atoms with Gasteiger partial charge in [0, 0.05) is 5.92 Å². The molecule has 0 aliphatic heterocycles. The predicted octanol–water partition coefficient (Wildman–Crippen LogP) is 3.50. The van der Waals surface area contributed by atoms with Crippen molar-refractivity contribution < 1.29 is 0 Å². The number of hydrogen-bond acceptors (Lipinski definition) is 0. The summed E-state index contributed by atoms with van der Waals surface area (Å²) in [7, 11) is 0. The molecule has 0 heterocycles. The fourth-order valence-electron chi connectivity index (χ4n) is 1.86. The normalized spacial score (nSPS) is 30.5. The molecule has 2 atom stereocenters. The number of hydrogen-bond donors (Lipinski definition) is 0. The average Bonchev–Trinajstić information content (AvgIpc) is 2.17. The Hall–Kier alpha value is -1.04. The van der Waals surface area contributed by atoms with Gasteiger partial charge in [-0.1, -0.05) is 56.4 Å². The van der Waals surface area contributed by atoms with E-state index in [0.717, 1.165) is 0 Å². The molecule has 0 heteroatoms. The molecule has 0 nitrogen and oxygen atoms in total. The molecule has 0 aromatic heterocycles. The van der Waals surface area contributed by atoms with Gasteiger partial charge in [-0.05, 0) is 17.4 Å². The summed E-state index contributed by atoms with van der Waals surface area (Å²) in [5, 5.41) is 0. The molecule has 2 aliphatic rings. The minimum Gasteiger partial charge on any atom is -0.0804 e. The maximum Gasteiger partial charge on any atom is 0.0199 e. The zero-order chi connectivity index (χ0) is 9.26. The number of allylic oxidation sites excluding steroid dienone is 8. The summed E-state index contributed by atoms with van der Waals surface area (Å²) in [5.41, 5.74) is 1.46. The van der Waals surface area contributed by atoms with Crippen LogP contribution in [0.15, 0.2) is 48.1 Å². The first-order chi connectivity index (χ1) is 6.27. The fraction of sp³-hybridized carbons (Fsp3) is 0.385. The Labute approximate surface area is 80.3 Å². The van der Waals surface area contributed by atoms with Crippen molar-refractivity contribution in [2.24, 2.45) is 17.8 Å². The molecule has 0 aromatic carbocycles. The number of fused-ring (bicyclic) bond motifs is 1. The zero-order valence-corrected chi connectivity index (χ0v) is 8.27. The van der Waals surface area contributed by atoms with Gasteiger partial charge in [0.25, 0.3) is 0 Å². The highest BCUT2D eigenvalue weighted by Gasteiger charge is 2.17. The first kappa shape index (κ1) is 8.55. The van der Waals surface area contributed by atoms with E-state index in [0.29, 0.717) is 17.8 Å². The number of rotatable bonds is 1. The minimum absolute atomic E-state index is 0.542. The van der Waals surface area contributed by atoms with Crippen molar-refractivity contribution >= 4 is 0 Å². The molecule has 0 spiro atoms. The van der Waals surface area contributed by atoms with E-state index < -0.39 is 0 Å². The van der Waals surface area contributed by atoms with Crippen LogP contribution in [-0.2, 0) is 0 Å². The van der Waals surface area contributed by atoms with Gasteiger partial charge in [0.15, 0.2) is 0 Å². The zero-order valence-electron chi connectivity index (χ0n) is 8.27. The third kappa shape index (κ3) is 1.67. The predicted molar refractivity (Wildman–Crippen MR) is 57.3 cm³/mol. The van der Waals surface area contributed by atoms with Crippen LogP contribution in [-0.4, -0.2) is 0 Å². The Bertz CT molecular complexity index is 300. The molecule has 0 radical (unpaired) electrons. The Morgan fingerprint density at radius 3 is 2.69 bits per heavy atom. The molecule has 0 bridgehead atoms. The topological polar surface area (TPSA) is 0 Å². The summed E-state index contributed by atoms with van der Waals surface area (Å²) >= 11 is 0. The molecule has 0 saturated heterocycles. The Kier molecular flexibility index (Phi) is 2.22. The molecular weight excluding hydrogens is 156 g/mol. The molecule has 13 heavy (non-hydrogen) atoms. The third-order valence-electron chi connectivity index (χ3n) is 2.80. The molecule has 0 aromatic rings. The lowest BCUT2D eigenvalue weighted by molar-refractivity contribution is 0.538. The van der Waals surface area contributed by atoms with Gasteiger partial charge in [-0.3, -0.25) is 0 Å². The maximum absolute atomic E-state index is 2.40. The van der Waals surface area contributed by atoms with Gasteiger partial charge in [0.2, 0.25) is 0 Å². The van der Waals surface area contributed by atoms with E-state index in [1.54, 1.807) is 0 Å². The second-order valence-electron chi connectivity index (χ2n) is 4.14. The Balaban J connectivity index is 2.23. The van der Waals surface area contributed by atoms with Crippen LogP contribution in [0, 0.1) is 17.8 Å². The molecule has 0 fully saturated rings. The van der Waals surface area contributed by atoms with E-state index in [1.807, 2.05) is 0 Å². The first-order valence-electron chi connectivity index (χ1n) is 5.02. The van der Waals surface area contributed by atoms with Crippen molar-refractivity contribution in [3.05, 3.63) is 48.1 Å². The van der Waals surface area contributed by atoms with Crippen molar-refractivity contribution in [3.63, 3.8) is 0 Å². The molecule has 68 valence electrons. The van der Waals surface area contributed by atoms with Crippen LogP contribution in [0.3, 0.4) is 0 Å². The monoisotopic (exact) mass is 172 g/mol. The van der Waals surface area contributed by atoms with Crippen molar-refractivity contribution in [3.8, 4) is 0 Å². The Morgan fingerprint density at radius 2 is 1.92 bits per heavy atom. The average molecular weight is 172 g/mol. The van der Waals surface area contributed by atoms with Crippen LogP contribution in [0.4, 0.5) is 0 Å². The second kappa shape index (κ2) is 3.37. The van der Waals surface area contributed by atoms with E-state index >= 15 is 0 Å². The molecule has 2 rings (SSSR count). The molecule has 0 saturated carbocycles. The van der Waals surface area contributed by atoms with E-state index in [-0.39, 0.29) is 0 Å². The van der Waals surface area contributed by atoms with Crippen LogP contribution < -0.4 is 0 Å². The summed E-state index contributed by atoms with van der Waals surface area (Å²) in [4.78, 5) is 0. The van der Waals surface area contributed by atoms with Crippen molar-refractivity contribution in [2.45, 2.75) is 13.8 Å². The van der Waals surface area contributed by atoms with E-state index in [4.69, 9.17) is 0 Å². The maximum atomic E-state index is 2.40. The second-order valence-corrected chi connectivity index (χ2v) is 4.14. The summed E-state index contributed by atoms with van der Waals surface area (Å²) in [6.07, 6.45) is 15.8. The molecule has 0 amide bonds. The minimum atomic E-state index is 0.542. The highest BCUT2D eigenvalue weighted by molar-refractivity contribution is 5.39. The van der Waals surface area contributed by atoms with Gasteiger partial charge in [0.1, 0.15) is 0 Å². The van der Waals surface area contributed by atoms with Gasteiger partial charge in [-0.15, -0.1) is 0 Å². The van der Waals surface area contributed by atoms with Crippen molar-refractivity contribution in [2.75, 3.05) is 0 Å². The lowest BCUT2D eigenvalue weighted by Gasteiger charge is -2.23. The first-order valence-corrected chi connectivity index (χ1v) is 5.02. The van der Waals surface area contributed by atoms with E-state index in [1.165, 1.54) is 5.57 Å². The molecule has 2 aliphatic carbocycles.